The highest BCUT2D eigenvalue weighted by molar-refractivity contribution is 7.15. The number of carbonyl (C=O) groups excluding carboxylic acids is 1. The highest BCUT2D eigenvalue weighted by Gasteiger charge is 2.15. The Balaban J connectivity index is 1.25. The third-order valence-corrected chi connectivity index (χ3v) is 5.90. The van der Waals surface area contributed by atoms with Gasteiger partial charge in [0.2, 0.25) is 12.7 Å². The van der Waals surface area contributed by atoms with Crippen LogP contribution >= 0.6 is 11.3 Å². The van der Waals surface area contributed by atoms with Crippen molar-refractivity contribution in [3.05, 3.63) is 65.3 Å². The normalized spacial score (nSPS) is 12.3. The van der Waals surface area contributed by atoms with Crippen LogP contribution in [0.5, 0.6) is 17.2 Å². The molecule has 158 valence electrons. The summed E-state index contributed by atoms with van der Waals surface area (Å²) in [6.45, 7) is 3.27. The number of nitrogens with zero attached hydrogens (tertiary/aromatic N) is 2. The third kappa shape index (κ3) is 4.06. The molecule has 0 atom stereocenters. The predicted octanol–water partition coefficient (Wildman–Crippen LogP) is 4.05. The van der Waals surface area contributed by atoms with Gasteiger partial charge in [0.1, 0.15) is 5.75 Å². The van der Waals surface area contributed by atoms with Gasteiger partial charge in [-0.1, -0.05) is 6.07 Å². The Morgan fingerprint density at radius 3 is 2.87 bits per heavy atom. The third-order valence-electron chi connectivity index (χ3n) is 5.01. The zero-order chi connectivity index (χ0) is 21.2. The van der Waals surface area contributed by atoms with Crippen molar-refractivity contribution in [2.45, 2.75) is 19.9 Å². The Morgan fingerprint density at radius 2 is 2.03 bits per heavy atom. The van der Waals surface area contributed by atoms with Crippen LogP contribution in [-0.4, -0.2) is 28.7 Å². The molecule has 0 bridgehead atoms. The molecule has 0 saturated carbocycles. The molecule has 1 N–H and O–H groups in total. The van der Waals surface area contributed by atoms with Crippen molar-refractivity contribution in [2.75, 3.05) is 13.4 Å². The lowest BCUT2D eigenvalue weighted by atomic mass is 10.1. The van der Waals surface area contributed by atoms with Crippen LogP contribution in [0.25, 0.3) is 16.2 Å². The zero-order valence-electron chi connectivity index (χ0n) is 17.0. The Bertz CT molecular complexity index is 1230. The van der Waals surface area contributed by atoms with Crippen LogP contribution in [0.15, 0.2) is 54.0 Å². The molecular weight excluding hydrogens is 414 g/mol. The lowest BCUT2D eigenvalue weighted by molar-refractivity contribution is -0.120. The van der Waals surface area contributed by atoms with Crippen molar-refractivity contribution in [1.29, 1.82) is 0 Å². The van der Waals surface area contributed by atoms with E-state index in [4.69, 9.17) is 19.2 Å². The van der Waals surface area contributed by atoms with Crippen LogP contribution in [0.4, 0.5) is 0 Å². The molecular formula is C23H21N3O4S. The lowest BCUT2D eigenvalue weighted by Gasteiger charge is -2.06. The van der Waals surface area contributed by atoms with Crippen molar-refractivity contribution in [1.82, 2.24) is 14.7 Å². The Labute approximate surface area is 183 Å². The quantitative estimate of drug-likeness (QED) is 0.474. The van der Waals surface area contributed by atoms with Gasteiger partial charge in [0.25, 0.3) is 0 Å². The van der Waals surface area contributed by atoms with E-state index >= 15 is 0 Å². The van der Waals surface area contributed by atoms with Gasteiger partial charge in [0.15, 0.2) is 16.5 Å². The zero-order valence-corrected chi connectivity index (χ0v) is 17.8. The van der Waals surface area contributed by atoms with Gasteiger partial charge in [-0.3, -0.25) is 9.20 Å². The topological polar surface area (TPSA) is 74.1 Å². The van der Waals surface area contributed by atoms with E-state index in [1.54, 1.807) is 0 Å². The number of carbonyl (C=O) groups is 1. The monoisotopic (exact) mass is 435 g/mol. The number of aromatic nitrogens is 2. The number of benzene rings is 2. The number of imidazole rings is 1. The minimum absolute atomic E-state index is 0.0475. The van der Waals surface area contributed by atoms with Crippen molar-refractivity contribution < 1.29 is 19.0 Å². The van der Waals surface area contributed by atoms with Gasteiger partial charge in [0.05, 0.1) is 18.7 Å². The van der Waals surface area contributed by atoms with Gasteiger partial charge < -0.3 is 19.5 Å². The van der Waals surface area contributed by atoms with E-state index in [1.807, 2.05) is 65.4 Å². The predicted molar refractivity (Wildman–Crippen MR) is 118 cm³/mol. The molecule has 7 nitrogen and oxygen atoms in total. The van der Waals surface area contributed by atoms with Crippen LogP contribution in [-0.2, 0) is 17.8 Å². The lowest BCUT2D eigenvalue weighted by Crippen LogP contribution is -2.24. The first-order valence-electron chi connectivity index (χ1n) is 10.0. The molecule has 0 fully saturated rings. The second-order valence-electron chi connectivity index (χ2n) is 7.10. The average molecular weight is 436 g/mol. The molecule has 0 unspecified atom stereocenters. The molecule has 0 radical (unpaired) electrons. The summed E-state index contributed by atoms with van der Waals surface area (Å²) < 4.78 is 18.2. The van der Waals surface area contributed by atoms with Gasteiger partial charge in [-0.25, -0.2) is 4.98 Å². The Morgan fingerprint density at radius 1 is 1.19 bits per heavy atom. The van der Waals surface area contributed by atoms with Crippen molar-refractivity contribution >= 4 is 22.2 Å². The van der Waals surface area contributed by atoms with E-state index in [2.05, 4.69) is 5.32 Å². The molecule has 1 aliphatic rings. The highest BCUT2D eigenvalue weighted by Crippen LogP contribution is 2.32. The maximum atomic E-state index is 12.5. The fourth-order valence-corrected chi connectivity index (χ4v) is 4.34. The second-order valence-corrected chi connectivity index (χ2v) is 7.94. The first-order chi connectivity index (χ1) is 15.2. The van der Waals surface area contributed by atoms with Gasteiger partial charge in [0, 0.05) is 29.4 Å². The molecule has 5 rings (SSSR count). The fraction of sp³-hybridized carbons (Fsp3) is 0.217. The van der Waals surface area contributed by atoms with Gasteiger partial charge in [-0.05, 0) is 48.9 Å². The average Bonchev–Trinajstić information content (AvgIpc) is 3.50. The first-order valence-corrected chi connectivity index (χ1v) is 10.9. The van der Waals surface area contributed by atoms with Gasteiger partial charge in [-0.2, -0.15) is 0 Å². The van der Waals surface area contributed by atoms with E-state index in [0.29, 0.717) is 18.9 Å². The number of amides is 1. The van der Waals surface area contributed by atoms with Crippen LogP contribution < -0.4 is 19.5 Å². The van der Waals surface area contributed by atoms with E-state index in [9.17, 15) is 4.79 Å². The summed E-state index contributed by atoms with van der Waals surface area (Å²) >= 11 is 1.53. The van der Waals surface area contributed by atoms with Crippen LogP contribution in [0.3, 0.4) is 0 Å². The van der Waals surface area contributed by atoms with Gasteiger partial charge in [-0.15, -0.1) is 11.3 Å². The van der Waals surface area contributed by atoms with Crippen LogP contribution in [0.1, 0.15) is 18.2 Å². The molecule has 0 saturated heterocycles. The van der Waals surface area contributed by atoms with Crippen molar-refractivity contribution in [2.24, 2.45) is 0 Å². The minimum Gasteiger partial charge on any atom is -0.494 e. The SMILES string of the molecule is CCOc1ccc(-c2cn3c(CC(=O)NCc4ccc5c(c4)OCO5)csc3n2)cc1. The number of fused-ring (bicyclic) bond motifs is 2. The molecule has 2 aromatic carbocycles. The summed E-state index contributed by atoms with van der Waals surface area (Å²) in [6, 6.07) is 13.6. The summed E-state index contributed by atoms with van der Waals surface area (Å²) in [5, 5.41) is 4.95. The summed E-state index contributed by atoms with van der Waals surface area (Å²) in [5.41, 5.74) is 3.76. The van der Waals surface area contributed by atoms with Crippen molar-refractivity contribution in [3.8, 4) is 28.5 Å². The van der Waals surface area contributed by atoms with Crippen molar-refractivity contribution in [3.63, 3.8) is 0 Å². The van der Waals surface area contributed by atoms with E-state index in [-0.39, 0.29) is 19.1 Å². The maximum absolute atomic E-state index is 12.5. The molecule has 8 heteroatoms. The number of nitrogens with one attached hydrogen (secondary N) is 1. The largest absolute Gasteiger partial charge is 0.494 e. The molecule has 1 aliphatic heterocycles. The first kappa shape index (κ1) is 19.4. The fourth-order valence-electron chi connectivity index (χ4n) is 3.46. The molecule has 0 spiro atoms. The minimum atomic E-state index is -0.0475. The summed E-state index contributed by atoms with van der Waals surface area (Å²) in [6.07, 6.45) is 2.26. The number of rotatable bonds is 7. The number of ether oxygens (including phenoxy) is 3. The summed E-state index contributed by atoms with van der Waals surface area (Å²) in [7, 11) is 0. The molecule has 2 aromatic heterocycles. The number of thiazole rings is 1. The molecule has 4 aromatic rings. The smallest absolute Gasteiger partial charge is 0.231 e. The van der Waals surface area contributed by atoms with E-state index in [0.717, 1.165) is 39.0 Å². The highest BCUT2D eigenvalue weighted by atomic mass is 32.1. The number of hydrogen-bond donors (Lipinski definition) is 1. The van der Waals surface area contributed by atoms with Crippen LogP contribution in [0, 0.1) is 0 Å². The molecule has 31 heavy (non-hydrogen) atoms. The molecule has 0 aliphatic carbocycles. The number of hydrogen-bond acceptors (Lipinski definition) is 6. The summed E-state index contributed by atoms with van der Waals surface area (Å²) in [4.78, 5) is 18.1. The second kappa shape index (κ2) is 8.31. The maximum Gasteiger partial charge on any atom is 0.231 e. The Hall–Kier alpha value is -3.52. The standard InChI is InChI=1S/C23H21N3O4S/c1-2-28-18-6-4-16(5-7-18)19-12-26-17(13-31-23(26)25-19)10-22(27)24-11-15-3-8-20-21(9-15)30-14-29-20/h3-9,12-13H,2,10-11,14H2,1H3,(H,24,27). The van der Waals surface area contributed by atoms with E-state index in [1.165, 1.54) is 11.3 Å². The molecule has 3 heterocycles. The van der Waals surface area contributed by atoms with Crippen LogP contribution in [0.2, 0.25) is 0 Å². The summed E-state index contributed by atoms with van der Waals surface area (Å²) in [5.74, 6) is 2.24. The van der Waals surface area contributed by atoms with E-state index < -0.39 is 0 Å². The Kier molecular flexibility index (Phi) is 5.21. The van der Waals surface area contributed by atoms with Gasteiger partial charge >= 0.3 is 0 Å². The molecule has 1 amide bonds.